The molecule has 0 atom stereocenters. The predicted molar refractivity (Wildman–Crippen MR) is 115 cm³/mol. The Balaban J connectivity index is 1.54. The second-order valence-electron chi connectivity index (χ2n) is 8.19. The average molecular weight is 446 g/mol. The molecular weight excluding hydrogens is 422 g/mol. The monoisotopic (exact) mass is 445 g/mol. The molecule has 1 aliphatic heterocycles. The number of sulfonamides is 1. The molecule has 1 aliphatic carbocycles. The van der Waals surface area contributed by atoms with Crippen LogP contribution in [0.3, 0.4) is 0 Å². The minimum absolute atomic E-state index is 0.145. The highest BCUT2D eigenvalue weighted by molar-refractivity contribution is 7.89. The van der Waals surface area contributed by atoms with Crippen molar-refractivity contribution in [1.82, 2.24) is 23.6 Å². The molecule has 3 heterocycles. The van der Waals surface area contributed by atoms with Gasteiger partial charge in [-0.15, -0.1) is 0 Å². The maximum absolute atomic E-state index is 13.3. The van der Waals surface area contributed by atoms with Crippen LogP contribution in [0.1, 0.15) is 29.8 Å². The fourth-order valence-electron chi connectivity index (χ4n) is 4.18. The van der Waals surface area contributed by atoms with Crippen LogP contribution in [0.2, 0.25) is 5.02 Å². The van der Waals surface area contributed by atoms with Crippen molar-refractivity contribution < 1.29 is 8.42 Å². The van der Waals surface area contributed by atoms with Crippen LogP contribution in [0.25, 0.3) is 11.5 Å². The lowest BCUT2D eigenvalue weighted by atomic mass is 10.1. The number of halogens is 1. The molecule has 0 saturated heterocycles. The molecule has 2 aromatic heterocycles. The van der Waals surface area contributed by atoms with E-state index in [1.807, 2.05) is 17.9 Å². The van der Waals surface area contributed by atoms with E-state index >= 15 is 0 Å². The van der Waals surface area contributed by atoms with E-state index in [1.165, 1.54) is 17.1 Å². The predicted octanol–water partition coefficient (Wildman–Crippen LogP) is 3.40. The van der Waals surface area contributed by atoms with Crippen molar-refractivity contribution >= 4 is 21.6 Å². The number of aryl methyl sites for hydroxylation is 2. The first-order chi connectivity index (χ1) is 14.4. The number of aromatic nitrogens is 4. The van der Waals surface area contributed by atoms with Crippen LogP contribution >= 0.6 is 11.6 Å². The number of imidazole rings is 1. The third-order valence-corrected chi connectivity index (χ3v) is 8.41. The highest BCUT2D eigenvalue weighted by atomic mass is 35.5. The minimum atomic E-state index is -3.70. The quantitative estimate of drug-likeness (QED) is 0.603. The molecule has 158 valence electrons. The second-order valence-corrected chi connectivity index (χ2v) is 10.5. The van der Waals surface area contributed by atoms with E-state index in [-0.39, 0.29) is 16.5 Å². The van der Waals surface area contributed by atoms with Gasteiger partial charge in [-0.1, -0.05) is 23.7 Å². The molecule has 9 heteroatoms. The Bertz CT molecular complexity index is 1230. The van der Waals surface area contributed by atoms with Gasteiger partial charge in [0.1, 0.15) is 10.6 Å². The Morgan fingerprint density at radius 3 is 2.73 bits per heavy atom. The molecule has 1 aromatic carbocycles. The van der Waals surface area contributed by atoms with Crippen molar-refractivity contribution in [2.24, 2.45) is 13.0 Å². The zero-order chi connectivity index (χ0) is 21.0. The molecule has 2 aliphatic rings. The summed E-state index contributed by atoms with van der Waals surface area (Å²) < 4.78 is 32.2. The lowest BCUT2D eigenvalue weighted by molar-refractivity contribution is 0.386. The van der Waals surface area contributed by atoms with Gasteiger partial charge < -0.3 is 4.57 Å². The van der Waals surface area contributed by atoms with Crippen molar-refractivity contribution in [2.45, 2.75) is 44.2 Å². The summed E-state index contributed by atoms with van der Waals surface area (Å²) >= 11 is 6.20. The van der Waals surface area contributed by atoms with Gasteiger partial charge in [0.25, 0.3) is 0 Å². The standard InChI is InChI=1S/C21H24ClN5O2S/c1-14-11-23-21(27(14)12-15-7-8-15)20-16-13-26(10-9-18(16)25(2)24-20)30(28,29)19-6-4-3-5-17(19)22/h3-6,11,15H,7-10,12-13H2,1-2H3. The molecule has 3 aromatic rings. The van der Waals surface area contributed by atoms with E-state index in [0.717, 1.165) is 35.0 Å². The summed E-state index contributed by atoms with van der Waals surface area (Å²) in [6.45, 7) is 3.66. The van der Waals surface area contributed by atoms with Crippen LogP contribution in [-0.4, -0.2) is 38.6 Å². The maximum Gasteiger partial charge on any atom is 0.244 e. The van der Waals surface area contributed by atoms with Gasteiger partial charge in [0.2, 0.25) is 10.0 Å². The van der Waals surface area contributed by atoms with E-state index in [1.54, 1.807) is 24.3 Å². The first-order valence-corrected chi connectivity index (χ1v) is 12.0. The third kappa shape index (κ3) is 3.27. The molecule has 1 fully saturated rings. The summed E-state index contributed by atoms with van der Waals surface area (Å²) in [5.41, 5.74) is 3.88. The van der Waals surface area contributed by atoms with Gasteiger partial charge in [-0.25, -0.2) is 13.4 Å². The summed E-state index contributed by atoms with van der Waals surface area (Å²) in [4.78, 5) is 4.79. The zero-order valence-electron chi connectivity index (χ0n) is 17.0. The fraction of sp³-hybridized carbons (Fsp3) is 0.429. The second kappa shape index (κ2) is 7.21. The lowest BCUT2D eigenvalue weighted by Crippen LogP contribution is -2.36. The number of hydrogen-bond donors (Lipinski definition) is 0. The molecule has 0 bridgehead atoms. The number of fused-ring (bicyclic) bond motifs is 1. The smallest absolute Gasteiger partial charge is 0.244 e. The topological polar surface area (TPSA) is 73.0 Å². The fourth-order valence-corrected chi connectivity index (χ4v) is 6.09. The van der Waals surface area contributed by atoms with E-state index < -0.39 is 10.0 Å². The zero-order valence-corrected chi connectivity index (χ0v) is 18.6. The van der Waals surface area contributed by atoms with Crippen molar-refractivity contribution in [3.8, 4) is 11.5 Å². The number of rotatable bonds is 5. The molecule has 1 saturated carbocycles. The van der Waals surface area contributed by atoms with Gasteiger partial charge >= 0.3 is 0 Å². The van der Waals surface area contributed by atoms with Gasteiger partial charge in [-0.3, -0.25) is 4.68 Å². The molecule has 0 amide bonds. The minimum Gasteiger partial charge on any atom is -0.327 e. The first-order valence-electron chi connectivity index (χ1n) is 10.2. The van der Waals surface area contributed by atoms with Gasteiger partial charge in [0.05, 0.1) is 5.02 Å². The van der Waals surface area contributed by atoms with Gasteiger partial charge in [-0.2, -0.15) is 9.40 Å². The van der Waals surface area contributed by atoms with Crippen molar-refractivity contribution in [1.29, 1.82) is 0 Å². The van der Waals surface area contributed by atoms with Crippen LogP contribution in [-0.2, 0) is 36.6 Å². The molecular formula is C21H24ClN5O2S. The van der Waals surface area contributed by atoms with Crippen LogP contribution in [0.5, 0.6) is 0 Å². The van der Waals surface area contributed by atoms with E-state index in [9.17, 15) is 8.42 Å². The summed E-state index contributed by atoms with van der Waals surface area (Å²) in [5.74, 6) is 1.53. The van der Waals surface area contributed by atoms with Gasteiger partial charge in [0, 0.05) is 56.3 Å². The van der Waals surface area contributed by atoms with Gasteiger partial charge in [-0.05, 0) is 37.8 Å². The Morgan fingerprint density at radius 2 is 2.00 bits per heavy atom. The van der Waals surface area contributed by atoms with Crippen molar-refractivity contribution in [3.63, 3.8) is 0 Å². The number of nitrogens with zero attached hydrogens (tertiary/aromatic N) is 5. The average Bonchev–Trinajstić information content (AvgIpc) is 3.40. The van der Waals surface area contributed by atoms with E-state index in [0.29, 0.717) is 18.9 Å². The van der Waals surface area contributed by atoms with E-state index in [2.05, 4.69) is 16.5 Å². The summed E-state index contributed by atoms with van der Waals surface area (Å²) in [6, 6.07) is 6.60. The lowest BCUT2D eigenvalue weighted by Gasteiger charge is -2.27. The highest BCUT2D eigenvalue weighted by Crippen LogP contribution is 2.36. The molecule has 0 radical (unpaired) electrons. The molecule has 30 heavy (non-hydrogen) atoms. The Kier molecular flexibility index (Phi) is 4.76. The summed E-state index contributed by atoms with van der Waals surface area (Å²) in [6.07, 6.45) is 4.98. The number of hydrogen-bond acceptors (Lipinski definition) is 4. The summed E-state index contributed by atoms with van der Waals surface area (Å²) in [7, 11) is -1.78. The molecule has 7 nitrogen and oxygen atoms in total. The molecule has 0 N–H and O–H groups in total. The maximum atomic E-state index is 13.3. The van der Waals surface area contributed by atoms with Crippen LogP contribution < -0.4 is 0 Å². The van der Waals surface area contributed by atoms with E-state index in [4.69, 9.17) is 16.7 Å². The Morgan fingerprint density at radius 1 is 1.23 bits per heavy atom. The van der Waals surface area contributed by atoms with Gasteiger partial charge in [0.15, 0.2) is 5.82 Å². The van der Waals surface area contributed by atoms with Crippen LogP contribution in [0.15, 0.2) is 35.4 Å². The molecule has 0 spiro atoms. The number of benzene rings is 1. The third-order valence-electron chi connectivity index (χ3n) is 6.07. The highest BCUT2D eigenvalue weighted by Gasteiger charge is 2.34. The molecule has 5 rings (SSSR count). The van der Waals surface area contributed by atoms with Crippen LogP contribution in [0.4, 0.5) is 0 Å². The summed E-state index contributed by atoms with van der Waals surface area (Å²) in [5, 5.41) is 5.00. The molecule has 0 unspecified atom stereocenters. The Hall–Kier alpha value is -2.16. The largest absolute Gasteiger partial charge is 0.327 e. The van der Waals surface area contributed by atoms with Crippen molar-refractivity contribution in [2.75, 3.05) is 6.54 Å². The first kappa shape index (κ1) is 19.8. The van der Waals surface area contributed by atoms with Crippen molar-refractivity contribution in [3.05, 3.63) is 52.4 Å². The SMILES string of the molecule is Cc1cnc(-c2nn(C)c3c2CN(S(=O)(=O)c2ccccc2Cl)CC3)n1CC1CC1. The normalized spacial score (nSPS) is 17.3. The Labute approximate surface area is 181 Å². The van der Waals surface area contributed by atoms with Crippen LogP contribution in [0, 0.1) is 12.8 Å².